The topological polar surface area (TPSA) is 34.0 Å². The van der Waals surface area contributed by atoms with Crippen LogP contribution in [0.2, 0.25) is 0 Å². The van der Waals surface area contributed by atoms with Gasteiger partial charge in [0.1, 0.15) is 0 Å². The molecule has 0 unspecified atom stereocenters. The first-order valence-electron chi connectivity index (χ1n) is 15.2. The quantitative estimate of drug-likeness (QED) is 0.197. The molecular weight excluding hydrogens is 548 g/mol. The Morgan fingerprint density at radius 3 is 1.58 bits per heavy atom. The molecule has 214 valence electrons. The lowest BCUT2D eigenvalue weighted by Crippen LogP contribution is -2.10. The summed E-state index contributed by atoms with van der Waals surface area (Å²) in [6, 6.07) is 55.5. The summed E-state index contributed by atoms with van der Waals surface area (Å²) >= 11 is 0. The lowest BCUT2D eigenvalue weighted by molar-refractivity contribution is 1.13. The van der Waals surface area contributed by atoms with E-state index in [2.05, 4.69) is 149 Å². The van der Waals surface area contributed by atoms with Crippen molar-refractivity contribution in [1.82, 2.24) is 14.5 Å². The van der Waals surface area contributed by atoms with E-state index in [0.29, 0.717) is 0 Å². The maximum Gasteiger partial charge on any atom is 0.0968 e. The van der Waals surface area contributed by atoms with Crippen LogP contribution in [0.25, 0.3) is 50.0 Å². The van der Waals surface area contributed by atoms with E-state index < -0.39 is 0 Å². The van der Waals surface area contributed by atoms with Crippen molar-refractivity contribution in [2.75, 3.05) is 4.90 Å². The van der Waals surface area contributed by atoms with Crippen molar-refractivity contribution in [3.8, 4) is 28.2 Å². The number of anilines is 3. The summed E-state index contributed by atoms with van der Waals surface area (Å²) in [5.41, 5.74) is 11.5. The van der Waals surface area contributed by atoms with Gasteiger partial charge in [-0.05, 0) is 67.6 Å². The zero-order valence-corrected chi connectivity index (χ0v) is 24.9. The van der Waals surface area contributed by atoms with Crippen molar-refractivity contribution in [2.45, 2.75) is 6.92 Å². The van der Waals surface area contributed by atoms with Crippen LogP contribution in [-0.4, -0.2) is 14.5 Å². The summed E-state index contributed by atoms with van der Waals surface area (Å²) in [6.45, 7) is 1.98. The van der Waals surface area contributed by atoms with Crippen LogP contribution in [0.3, 0.4) is 0 Å². The molecule has 8 aromatic rings. The van der Waals surface area contributed by atoms with E-state index in [9.17, 15) is 0 Å². The van der Waals surface area contributed by atoms with E-state index in [4.69, 9.17) is 9.97 Å². The molecule has 4 nitrogen and oxygen atoms in total. The van der Waals surface area contributed by atoms with E-state index in [1.807, 2.05) is 31.3 Å². The van der Waals surface area contributed by atoms with Gasteiger partial charge < -0.3 is 9.47 Å². The number of rotatable bonds is 6. The Balaban J connectivity index is 1.20. The highest BCUT2D eigenvalue weighted by molar-refractivity contribution is 6.09. The molecule has 0 atom stereocenters. The highest BCUT2D eigenvalue weighted by Crippen LogP contribution is 2.38. The molecule has 0 N–H and O–H groups in total. The van der Waals surface area contributed by atoms with Crippen molar-refractivity contribution in [1.29, 1.82) is 0 Å². The van der Waals surface area contributed by atoms with Crippen LogP contribution in [0, 0.1) is 6.92 Å². The van der Waals surface area contributed by atoms with Gasteiger partial charge in [0, 0.05) is 50.8 Å². The van der Waals surface area contributed by atoms with Gasteiger partial charge in [-0.15, -0.1) is 0 Å². The summed E-state index contributed by atoms with van der Waals surface area (Å²) in [5.74, 6) is 0. The van der Waals surface area contributed by atoms with Crippen molar-refractivity contribution >= 4 is 38.9 Å². The summed E-state index contributed by atoms with van der Waals surface area (Å²) in [6.07, 6.45) is 1.84. The Bertz CT molecular complexity index is 2200. The van der Waals surface area contributed by atoms with Crippen LogP contribution < -0.4 is 4.90 Å². The minimum absolute atomic E-state index is 0.875. The third kappa shape index (κ3) is 4.83. The highest BCUT2D eigenvalue weighted by atomic mass is 15.1. The number of para-hydroxylation sites is 3. The molecule has 0 spiro atoms. The van der Waals surface area contributed by atoms with E-state index >= 15 is 0 Å². The zero-order valence-electron chi connectivity index (χ0n) is 24.9. The molecule has 8 rings (SSSR count). The first-order chi connectivity index (χ1) is 22.2. The third-order valence-electron chi connectivity index (χ3n) is 8.30. The van der Waals surface area contributed by atoms with Crippen LogP contribution in [0.15, 0.2) is 164 Å². The number of nitrogens with zero attached hydrogens (tertiary/aromatic N) is 4. The molecule has 0 amide bonds. The fraction of sp³-hybridized carbons (Fsp3) is 0.0244. The number of benzene rings is 6. The second-order valence-corrected chi connectivity index (χ2v) is 11.2. The van der Waals surface area contributed by atoms with E-state index in [1.54, 1.807) is 0 Å². The van der Waals surface area contributed by atoms with Gasteiger partial charge in [0.15, 0.2) is 0 Å². The Morgan fingerprint density at radius 1 is 0.467 bits per heavy atom. The maximum absolute atomic E-state index is 4.86. The first-order valence-corrected chi connectivity index (χ1v) is 15.2. The molecule has 0 aliphatic rings. The maximum atomic E-state index is 4.86. The standard InChI is InChI=1S/C41H30N4/c1-29-28-42-40(41(43-29)30-12-4-2-5-13-30)31-20-22-33(23-21-31)44(32-14-6-3-7-15-32)34-24-26-35(27-25-34)45-38-18-10-8-16-36(38)37-17-9-11-19-39(37)45/h2-28H,1H3. The van der Waals surface area contributed by atoms with Gasteiger partial charge in [-0.25, -0.2) is 4.98 Å². The molecule has 0 saturated carbocycles. The van der Waals surface area contributed by atoms with Gasteiger partial charge in [-0.3, -0.25) is 4.98 Å². The number of hydrogen-bond acceptors (Lipinski definition) is 3. The van der Waals surface area contributed by atoms with Gasteiger partial charge in [-0.2, -0.15) is 0 Å². The molecule has 45 heavy (non-hydrogen) atoms. The molecular formula is C41H30N4. The minimum atomic E-state index is 0.875. The molecule has 0 aliphatic carbocycles. The fourth-order valence-corrected chi connectivity index (χ4v) is 6.23. The molecule has 0 radical (unpaired) electrons. The number of hydrogen-bond donors (Lipinski definition) is 0. The van der Waals surface area contributed by atoms with Crippen molar-refractivity contribution in [2.24, 2.45) is 0 Å². The van der Waals surface area contributed by atoms with Gasteiger partial charge in [0.2, 0.25) is 0 Å². The smallest absolute Gasteiger partial charge is 0.0968 e. The summed E-state index contributed by atoms with van der Waals surface area (Å²) in [7, 11) is 0. The minimum Gasteiger partial charge on any atom is -0.311 e. The van der Waals surface area contributed by atoms with Crippen LogP contribution in [-0.2, 0) is 0 Å². The lowest BCUT2D eigenvalue weighted by atomic mass is 10.0. The number of fused-ring (bicyclic) bond motifs is 3. The summed E-state index contributed by atoms with van der Waals surface area (Å²) in [5, 5.41) is 2.52. The van der Waals surface area contributed by atoms with Gasteiger partial charge in [0.05, 0.1) is 28.1 Å². The molecule has 0 fully saturated rings. The van der Waals surface area contributed by atoms with Crippen molar-refractivity contribution in [3.63, 3.8) is 0 Å². The molecule has 2 aromatic heterocycles. The normalized spacial score (nSPS) is 11.2. The number of aromatic nitrogens is 3. The molecule has 2 heterocycles. The Kier molecular flexibility index (Phi) is 6.65. The van der Waals surface area contributed by atoms with Crippen LogP contribution in [0.5, 0.6) is 0 Å². The van der Waals surface area contributed by atoms with Crippen molar-refractivity contribution < 1.29 is 0 Å². The monoisotopic (exact) mass is 578 g/mol. The van der Waals surface area contributed by atoms with Crippen LogP contribution >= 0.6 is 0 Å². The second kappa shape index (κ2) is 11.3. The molecule has 4 heteroatoms. The van der Waals surface area contributed by atoms with Crippen LogP contribution in [0.1, 0.15) is 5.69 Å². The van der Waals surface area contributed by atoms with Gasteiger partial charge >= 0.3 is 0 Å². The fourth-order valence-electron chi connectivity index (χ4n) is 6.23. The van der Waals surface area contributed by atoms with Crippen molar-refractivity contribution in [3.05, 3.63) is 170 Å². The predicted octanol–water partition coefficient (Wildman–Crippen LogP) is 10.7. The Hall–Kier alpha value is -6.00. The van der Waals surface area contributed by atoms with E-state index in [1.165, 1.54) is 21.8 Å². The summed E-state index contributed by atoms with van der Waals surface area (Å²) in [4.78, 5) is 12.0. The molecule has 6 aromatic carbocycles. The highest BCUT2D eigenvalue weighted by Gasteiger charge is 2.16. The van der Waals surface area contributed by atoms with E-state index in [-0.39, 0.29) is 0 Å². The largest absolute Gasteiger partial charge is 0.311 e. The predicted molar refractivity (Wildman–Crippen MR) is 187 cm³/mol. The third-order valence-corrected chi connectivity index (χ3v) is 8.30. The molecule has 0 saturated heterocycles. The molecule has 0 bridgehead atoms. The number of aryl methyl sites for hydroxylation is 1. The average Bonchev–Trinajstić information content (AvgIpc) is 3.44. The zero-order chi connectivity index (χ0) is 30.2. The first kappa shape index (κ1) is 26.6. The van der Waals surface area contributed by atoms with Gasteiger partial charge in [-0.1, -0.05) is 97.1 Å². The summed E-state index contributed by atoms with van der Waals surface area (Å²) < 4.78 is 2.35. The lowest BCUT2D eigenvalue weighted by Gasteiger charge is -2.26. The van der Waals surface area contributed by atoms with E-state index in [0.717, 1.165) is 51.0 Å². The average molecular weight is 579 g/mol. The SMILES string of the molecule is Cc1cnc(-c2ccc(N(c3ccccc3)c3ccc(-n4c5ccccc5c5ccccc54)cc3)cc2)c(-c2ccccc2)n1. The second-order valence-electron chi connectivity index (χ2n) is 11.2. The Morgan fingerprint density at radius 2 is 0.956 bits per heavy atom. The Labute approximate surface area is 262 Å². The molecule has 0 aliphatic heterocycles. The van der Waals surface area contributed by atoms with Gasteiger partial charge in [0.25, 0.3) is 0 Å². The van der Waals surface area contributed by atoms with Crippen LogP contribution in [0.4, 0.5) is 17.1 Å².